The van der Waals surface area contributed by atoms with Gasteiger partial charge in [-0.05, 0) is 20.3 Å². The lowest BCUT2D eigenvalue weighted by molar-refractivity contribution is 0.602. The minimum Gasteiger partial charge on any atom is -0.315 e. The Kier molecular flexibility index (Phi) is 3.79. The fraction of sp³-hybridized carbons (Fsp3) is 0.400. The zero-order valence-electron chi connectivity index (χ0n) is 10.6. The average Bonchev–Trinajstić information content (AvgIpc) is 2.81. The van der Waals surface area contributed by atoms with Crippen molar-refractivity contribution in [3.05, 3.63) is 25.9 Å². The number of nitrogens with zero attached hydrogens (tertiary/aromatic N) is 1. The van der Waals surface area contributed by atoms with Gasteiger partial charge in [0.25, 0.3) is 10.0 Å². The van der Waals surface area contributed by atoms with Gasteiger partial charge in [0.2, 0.25) is 0 Å². The lowest BCUT2D eigenvalue weighted by Crippen LogP contribution is -2.12. The Morgan fingerprint density at radius 2 is 2.00 bits per heavy atom. The number of sulfonamides is 1. The van der Waals surface area contributed by atoms with Gasteiger partial charge in [-0.2, -0.15) is 0 Å². The molecule has 0 radical (unpaired) electrons. The van der Waals surface area contributed by atoms with Crippen molar-refractivity contribution in [2.75, 3.05) is 4.72 Å². The van der Waals surface area contributed by atoms with Crippen LogP contribution in [0.3, 0.4) is 0 Å². The minimum absolute atomic E-state index is 0.00315. The molecular weight excluding hydrogens is 306 g/mol. The highest BCUT2D eigenvalue weighted by Gasteiger charge is 2.22. The van der Waals surface area contributed by atoms with Crippen LogP contribution in [0, 0.1) is 13.8 Å². The quantitative estimate of drug-likeness (QED) is 0.900. The molecule has 2 heterocycles. The Morgan fingerprint density at radius 1 is 1.32 bits per heavy atom. The number of rotatable bonds is 4. The maximum Gasteiger partial charge on any atom is 0.306 e. The van der Waals surface area contributed by atoms with E-state index in [4.69, 9.17) is 0 Å². The van der Waals surface area contributed by atoms with Gasteiger partial charge in [-0.15, -0.1) is 11.3 Å². The van der Waals surface area contributed by atoms with Gasteiger partial charge in [0.05, 0.1) is 5.69 Å². The Balaban J connectivity index is 2.36. The number of aromatic nitrogens is 2. The highest BCUT2D eigenvalue weighted by molar-refractivity contribution is 7.94. The van der Waals surface area contributed by atoms with E-state index < -0.39 is 10.0 Å². The first-order chi connectivity index (χ1) is 8.83. The van der Waals surface area contributed by atoms with Crippen LogP contribution in [0.25, 0.3) is 0 Å². The molecule has 0 spiro atoms. The van der Waals surface area contributed by atoms with Gasteiger partial charge in [0.1, 0.15) is 0 Å². The zero-order chi connectivity index (χ0) is 14.2. The van der Waals surface area contributed by atoms with Gasteiger partial charge in [-0.3, -0.25) is 9.52 Å². The van der Waals surface area contributed by atoms with Crippen LogP contribution in [0.1, 0.15) is 23.2 Å². The first-order valence-corrected chi connectivity index (χ1v) is 8.64. The van der Waals surface area contributed by atoms with Gasteiger partial charge in [0.15, 0.2) is 9.34 Å². The third kappa shape index (κ3) is 2.88. The van der Waals surface area contributed by atoms with E-state index in [1.54, 1.807) is 6.92 Å². The second-order valence-electron chi connectivity index (χ2n) is 3.91. The lowest BCUT2D eigenvalue weighted by atomic mass is 10.3. The van der Waals surface area contributed by atoms with Crippen molar-refractivity contribution in [2.45, 2.75) is 31.4 Å². The maximum atomic E-state index is 12.2. The molecule has 0 saturated heterocycles. The summed E-state index contributed by atoms with van der Waals surface area (Å²) in [7, 11) is -3.75. The molecule has 2 aromatic rings. The van der Waals surface area contributed by atoms with Crippen molar-refractivity contribution in [1.82, 2.24) is 9.97 Å². The minimum atomic E-state index is -3.75. The molecule has 0 amide bonds. The van der Waals surface area contributed by atoms with Gasteiger partial charge < -0.3 is 4.98 Å². The van der Waals surface area contributed by atoms with E-state index in [-0.39, 0.29) is 9.08 Å². The number of thiazole rings is 2. The number of anilines is 1. The molecule has 0 saturated carbocycles. The molecule has 0 aromatic carbocycles. The van der Waals surface area contributed by atoms with E-state index in [0.29, 0.717) is 22.2 Å². The van der Waals surface area contributed by atoms with E-state index in [9.17, 15) is 13.2 Å². The summed E-state index contributed by atoms with van der Waals surface area (Å²) in [5.74, 6) is 0. The summed E-state index contributed by atoms with van der Waals surface area (Å²) >= 11 is 1.96. The molecular formula is C10H13N3O3S3. The van der Waals surface area contributed by atoms with E-state index in [2.05, 4.69) is 14.7 Å². The Bertz CT molecular complexity index is 755. The van der Waals surface area contributed by atoms with E-state index in [0.717, 1.165) is 17.0 Å². The Hall–Kier alpha value is -1.19. The molecule has 19 heavy (non-hydrogen) atoms. The van der Waals surface area contributed by atoms with Crippen LogP contribution in [-0.2, 0) is 16.4 Å². The molecule has 9 heteroatoms. The summed E-state index contributed by atoms with van der Waals surface area (Å²) in [6.45, 7) is 5.41. The number of aromatic amines is 1. The third-order valence-corrected chi connectivity index (χ3v) is 6.48. The Morgan fingerprint density at radius 3 is 2.47 bits per heavy atom. The van der Waals surface area contributed by atoms with Crippen molar-refractivity contribution in [3.8, 4) is 0 Å². The fourth-order valence-corrected chi connectivity index (χ4v) is 5.05. The third-order valence-electron chi connectivity index (χ3n) is 2.47. The predicted molar refractivity (Wildman–Crippen MR) is 76.7 cm³/mol. The molecule has 2 aromatic heterocycles. The first kappa shape index (κ1) is 14.2. The second kappa shape index (κ2) is 5.06. The highest BCUT2D eigenvalue weighted by atomic mass is 32.2. The lowest BCUT2D eigenvalue weighted by Gasteiger charge is -2.02. The van der Waals surface area contributed by atoms with E-state index in [1.807, 2.05) is 13.8 Å². The number of hydrogen-bond donors (Lipinski definition) is 2. The SMILES string of the molecule is CCc1nc(NS(=O)(=O)c2sc(=O)[nH]c2C)sc1C. The number of hydrogen-bond acceptors (Lipinski definition) is 6. The van der Waals surface area contributed by atoms with Gasteiger partial charge >= 0.3 is 4.87 Å². The highest BCUT2D eigenvalue weighted by Crippen LogP contribution is 2.26. The molecule has 104 valence electrons. The second-order valence-corrected chi connectivity index (χ2v) is 7.97. The molecule has 0 aliphatic heterocycles. The Labute approximate surface area is 118 Å². The molecule has 2 rings (SSSR count). The fourth-order valence-electron chi connectivity index (χ4n) is 1.61. The molecule has 0 aliphatic rings. The summed E-state index contributed by atoms with van der Waals surface area (Å²) < 4.78 is 26.7. The van der Waals surface area contributed by atoms with Crippen molar-refractivity contribution < 1.29 is 8.42 Å². The molecule has 0 bridgehead atoms. The van der Waals surface area contributed by atoms with Crippen molar-refractivity contribution in [1.29, 1.82) is 0 Å². The van der Waals surface area contributed by atoms with E-state index >= 15 is 0 Å². The standard InChI is InChI=1S/C10H13N3O3S3/c1-4-7-6(3)17-9(12-7)13-19(15,16)8-5(2)11-10(14)18-8/h4H2,1-3H3,(H,11,14)(H,12,13). The van der Waals surface area contributed by atoms with Crippen LogP contribution in [0.5, 0.6) is 0 Å². The molecule has 0 unspecified atom stereocenters. The van der Waals surface area contributed by atoms with Crippen molar-refractivity contribution in [2.24, 2.45) is 0 Å². The molecule has 0 atom stereocenters. The number of H-pyrrole nitrogens is 1. The average molecular weight is 319 g/mol. The van der Waals surface area contributed by atoms with Crippen LogP contribution in [0.15, 0.2) is 9.00 Å². The van der Waals surface area contributed by atoms with Gasteiger partial charge in [-0.1, -0.05) is 18.3 Å². The van der Waals surface area contributed by atoms with Gasteiger partial charge in [-0.25, -0.2) is 13.4 Å². The monoisotopic (exact) mass is 319 g/mol. The summed E-state index contributed by atoms with van der Waals surface area (Å²) in [5.41, 5.74) is 1.22. The normalized spacial score (nSPS) is 11.7. The topological polar surface area (TPSA) is 91.9 Å². The van der Waals surface area contributed by atoms with Crippen LogP contribution >= 0.6 is 22.7 Å². The van der Waals surface area contributed by atoms with Crippen LogP contribution in [-0.4, -0.2) is 18.4 Å². The first-order valence-electron chi connectivity index (χ1n) is 5.52. The molecule has 2 N–H and O–H groups in total. The molecule has 0 fully saturated rings. The van der Waals surface area contributed by atoms with Crippen LogP contribution in [0.4, 0.5) is 5.13 Å². The molecule has 6 nitrogen and oxygen atoms in total. The summed E-state index contributed by atoms with van der Waals surface area (Å²) in [6, 6.07) is 0. The number of nitrogens with one attached hydrogen (secondary N) is 2. The summed E-state index contributed by atoms with van der Waals surface area (Å²) in [5, 5.41) is 0.328. The zero-order valence-corrected chi connectivity index (χ0v) is 13.1. The largest absolute Gasteiger partial charge is 0.315 e. The summed E-state index contributed by atoms with van der Waals surface area (Å²) in [4.78, 5) is 18.4. The molecule has 0 aliphatic carbocycles. The predicted octanol–water partition coefficient (Wildman–Crippen LogP) is 1.87. The van der Waals surface area contributed by atoms with Gasteiger partial charge in [0, 0.05) is 10.6 Å². The maximum absolute atomic E-state index is 12.2. The number of aryl methyl sites for hydroxylation is 3. The van der Waals surface area contributed by atoms with Crippen LogP contribution in [0.2, 0.25) is 0 Å². The van der Waals surface area contributed by atoms with Crippen LogP contribution < -0.4 is 9.60 Å². The van der Waals surface area contributed by atoms with Crippen molar-refractivity contribution in [3.63, 3.8) is 0 Å². The summed E-state index contributed by atoms with van der Waals surface area (Å²) in [6.07, 6.45) is 0.751. The van der Waals surface area contributed by atoms with E-state index in [1.165, 1.54) is 11.3 Å². The smallest absolute Gasteiger partial charge is 0.306 e. The van der Waals surface area contributed by atoms with Crippen molar-refractivity contribution >= 4 is 37.8 Å².